The van der Waals surface area contributed by atoms with E-state index in [0.29, 0.717) is 13.2 Å². The smallest absolute Gasteiger partial charge is 0.180 e. The molecule has 2 atom stereocenters. The summed E-state index contributed by atoms with van der Waals surface area (Å²) >= 11 is 0. The van der Waals surface area contributed by atoms with E-state index >= 15 is 0 Å². The van der Waals surface area contributed by atoms with Crippen LogP contribution in [0.1, 0.15) is 0 Å². The summed E-state index contributed by atoms with van der Waals surface area (Å²) in [7, 11) is 0. The molecule has 0 amide bonds. The van der Waals surface area contributed by atoms with E-state index in [1.807, 2.05) is 12.2 Å². The molecule has 0 aromatic heterocycles. The molecule has 0 radical (unpaired) electrons. The Morgan fingerprint density at radius 3 is 1.92 bits per heavy atom. The van der Waals surface area contributed by atoms with E-state index in [4.69, 9.17) is 14.2 Å². The molecule has 0 bridgehead atoms. The molecule has 0 aromatic carbocycles. The van der Waals surface area contributed by atoms with Gasteiger partial charge in [0.05, 0.1) is 13.2 Å². The highest BCUT2D eigenvalue weighted by Gasteiger charge is 2.18. The molecule has 3 nitrogen and oxygen atoms in total. The SMILES string of the molecule is C=CCOC1C=CC(OCC=C)O1. The summed E-state index contributed by atoms with van der Waals surface area (Å²) in [5.41, 5.74) is 0. The summed E-state index contributed by atoms with van der Waals surface area (Å²) in [6, 6.07) is 0. The Morgan fingerprint density at radius 1 is 1.08 bits per heavy atom. The fraction of sp³-hybridized carbons (Fsp3) is 0.400. The van der Waals surface area contributed by atoms with Crippen molar-refractivity contribution in [3.63, 3.8) is 0 Å². The first-order chi connectivity index (χ1) is 6.36. The van der Waals surface area contributed by atoms with Crippen LogP contribution in [-0.4, -0.2) is 25.8 Å². The number of rotatable bonds is 6. The third-order valence-corrected chi connectivity index (χ3v) is 1.45. The lowest BCUT2D eigenvalue weighted by atomic mass is 10.5. The molecule has 0 N–H and O–H groups in total. The van der Waals surface area contributed by atoms with Gasteiger partial charge in [0.2, 0.25) is 0 Å². The van der Waals surface area contributed by atoms with Gasteiger partial charge in [0.25, 0.3) is 0 Å². The van der Waals surface area contributed by atoms with Gasteiger partial charge in [0.1, 0.15) is 0 Å². The van der Waals surface area contributed by atoms with Crippen LogP contribution in [0.25, 0.3) is 0 Å². The molecular formula is C10H14O3. The molecule has 0 aliphatic carbocycles. The Hall–Kier alpha value is -0.900. The standard InChI is InChI=1S/C10H14O3/c1-3-7-11-9-5-6-10(13-9)12-8-4-2/h3-6,9-10H,1-2,7-8H2. The van der Waals surface area contributed by atoms with Gasteiger partial charge in [-0.05, 0) is 12.2 Å². The van der Waals surface area contributed by atoms with Crippen LogP contribution in [0, 0.1) is 0 Å². The summed E-state index contributed by atoms with van der Waals surface area (Å²) in [5.74, 6) is 0. The maximum absolute atomic E-state index is 5.31. The number of ether oxygens (including phenoxy) is 3. The van der Waals surface area contributed by atoms with Crippen molar-refractivity contribution in [3.8, 4) is 0 Å². The zero-order valence-electron chi connectivity index (χ0n) is 7.52. The highest BCUT2D eigenvalue weighted by Crippen LogP contribution is 2.13. The number of hydrogen-bond acceptors (Lipinski definition) is 3. The first-order valence-electron chi connectivity index (χ1n) is 4.15. The maximum atomic E-state index is 5.31. The van der Waals surface area contributed by atoms with E-state index < -0.39 is 0 Å². The lowest BCUT2D eigenvalue weighted by molar-refractivity contribution is -0.185. The first kappa shape index (κ1) is 10.2. The van der Waals surface area contributed by atoms with Gasteiger partial charge in [-0.15, -0.1) is 13.2 Å². The summed E-state index contributed by atoms with van der Waals surface area (Å²) < 4.78 is 15.8. The summed E-state index contributed by atoms with van der Waals surface area (Å²) in [5, 5.41) is 0. The molecule has 13 heavy (non-hydrogen) atoms. The van der Waals surface area contributed by atoms with Crippen molar-refractivity contribution in [1.29, 1.82) is 0 Å². The highest BCUT2D eigenvalue weighted by molar-refractivity contribution is 4.95. The van der Waals surface area contributed by atoms with Crippen molar-refractivity contribution in [3.05, 3.63) is 37.5 Å². The molecule has 1 aliphatic rings. The predicted molar refractivity (Wildman–Crippen MR) is 50.1 cm³/mol. The van der Waals surface area contributed by atoms with E-state index in [-0.39, 0.29) is 12.6 Å². The Balaban J connectivity index is 2.17. The first-order valence-corrected chi connectivity index (χ1v) is 4.15. The van der Waals surface area contributed by atoms with Crippen molar-refractivity contribution in [2.45, 2.75) is 12.6 Å². The predicted octanol–water partition coefficient (Wildman–Crippen LogP) is 1.63. The average molecular weight is 182 g/mol. The van der Waals surface area contributed by atoms with Gasteiger partial charge in [-0.3, -0.25) is 0 Å². The second kappa shape index (κ2) is 5.70. The average Bonchev–Trinajstić information content (AvgIpc) is 2.59. The summed E-state index contributed by atoms with van der Waals surface area (Å²) in [4.78, 5) is 0. The van der Waals surface area contributed by atoms with Gasteiger partial charge in [0.15, 0.2) is 12.6 Å². The molecular weight excluding hydrogens is 168 g/mol. The van der Waals surface area contributed by atoms with Crippen LogP contribution in [0.4, 0.5) is 0 Å². The van der Waals surface area contributed by atoms with Crippen LogP contribution in [-0.2, 0) is 14.2 Å². The normalized spacial score (nSPS) is 26.2. The Bertz CT molecular complexity index is 178. The third-order valence-electron chi connectivity index (χ3n) is 1.45. The number of hydrogen-bond donors (Lipinski definition) is 0. The lowest BCUT2D eigenvalue weighted by Crippen LogP contribution is -2.18. The molecule has 0 aromatic rings. The minimum absolute atomic E-state index is 0.312. The molecule has 1 aliphatic heterocycles. The van der Waals surface area contributed by atoms with Crippen molar-refractivity contribution >= 4 is 0 Å². The van der Waals surface area contributed by atoms with Gasteiger partial charge >= 0.3 is 0 Å². The minimum atomic E-state index is -0.312. The second-order valence-corrected chi connectivity index (χ2v) is 2.50. The fourth-order valence-electron chi connectivity index (χ4n) is 0.920. The largest absolute Gasteiger partial charge is 0.345 e. The summed E-state index contributed by atoms with van der Waals surface area (Å²) in [6.07, 6.45) is 6.36. The topological polar surface area (TPSA) is 27.7 Å². The molecule has 0 saturated heterocycles. The molecule has 0 spiro atoms. The molecule has 2 unspecified atom stereocenters. The Kier molecular flexibility index (Phi) is 4.46. The van der Waals surface area contributed by atoms with Crippen molar-refractivity contribution in [2.75, 3.05) is 13.2 Å². The Morgan fingerprint density at radius 2 is 1.54 bits per heavy atom. The van der Waals surface area contributed by atoms with Crippen LogP contribution in [0.3, 0.4) is 0 Å². The molecule has 0 saturated carbocycles. The van der Waals surface area contributed by atoms with Crippen molar-refractivity contribution in [1.82, 2.24) is 0 Å². The molecule has 72 valence electrons. The van der Waals surface area contributed by atoms with Crippen LogP contribution in [0.2, 0.25) is 0 Å². The Labute approximate surface area is 78.3 Å². The van der Waals surface area contributed by atoms with Crippen molar-refractivity contribution < 1.29 is 14.2 Å². The van der Waals surface area contributed by atoms with Crippen LogP contribution < -0.4 is 0 Å². The van der Waals surface area contributed by atoms with Gasteiger partial charge in [-0.25, -0.2) is 0 Å². The molecule has 0 fully saturated rings. The monoisotopic (exact) mass is 182 g/mol. The zero-order chi connectivity index (χ0) is 9.52. The van der Waals surface area contributed by atoms with E-state index in [1.165, 1.54) is 0 Å². The molecule has 1 heterocycles. The highest BCUT2D eigenvalue weighted by atomic mass is 16.8. The molecule has 3 heteroatoms. The second-order valence-electron chi connectivity index (χ2n) is 2.50. The van der Waals surface area contributed by atoms with Gasteiger partial charge in [-0.1, -0.05) is 12.2 Å². The van der Waals surface area contributed by atoms with E-state index in [9.17, 15) is 0 Å². The third kappa shape index (κ3) is 3.55. The van der Waals surface area contributed by atoms with Crippen molar-refractivity contribution in [2.24, 2.45) is 0 Å². The quantitative estimate of drug-likeness (QED) is 0.584. The van der Waals surface area contributed by atoms with Gasteiger partial charge < -0.3 is 14.2 Å². The van der Waals surface area contributed by atoms with E-state index in [0.717, 1.165) is 0 Å². The van der Waals surface area contributed by atoms with Gasteiger partial charge in [-0.2, -0.15) is 0 Å². The molecule has 1 rings (SSSR count). The van der Waals surface area contributed by atoms with E-state index in [1.54, 1.807) is 12.2 Å². The lowest BCUT2D eigenvalue weighted by Gasteiger charge is -2.13. The maximum Gasteiger partial charge on any atom is 0.180 e. The zero-order valence-corrected chi connectivity index (χ0v) is 7.52. The van der Waals surface area contributed by atoms with Crippen LogP contribution >= 0.6 is 0 Å². The van der Waals surface area contributed by atoms with E-state index in [2.05, 4.69) is 13.2 Å². The minimum Gasteiger partial charge on any atom is -0.345 e. The fourth-order valence-corrected chi connectivity index (χ4v) is 0.920. The van der Waals surface area contributed by atoms with Gasteiger partial charge in [0, 0.05) is 0 Å². The summed E-state index contributed by atoms with van der Waals surface area (Å²) in [6.45, 7) is 8.03. The van der Waals surface area contributed by atoms with Crippen LogP contribution in [0.15, 0.2) is 37.5 Å². The van der Waals surface area contributed by atoms with Crippen LogP contribution in [0.5, 0.6) is 0 Å².